The third-order valence-corrected chi connectivity index (χ3v) is 6.96. The maximum atomic E-state index is 14.6. The van der Waals surface area contributed by atoms with Gasteiger partial charge in [0, 0.05) is 35.6 Å². The lowest BCUT2D eigenvalue weighted by Gasteiger charge is -2.21. The number of nitrogens with zero attached hydrogens (tertiary/aromatic N) is 2. The minimum absolute atomic E-state index is 0.137. The molecule has 0 spiro atoms. The van der Waals surface area contributed by atoms with E-state index in [4.69, 9.17) is 9.72 Å². The van der Waals surface area contributed by atoms with Crippen LogP contribution in [0.3, 0.4) is 0 Å². The summed E-state index contributed by atoms with van der Waals surface area (Å²) in [7, 11) is 3.05. The number of benzene rings is 1. The summed E-state index contributed by atoms with van der Waals surface area (Å²) in [5.74, 6) is -0.611. The lowest BCUT2D eigenvalue weighted by atomic mass is 9.85. The third-order valence-electron chi connectivity index (χ3n) is 6.96. The molecule has 6 nitrogen and oxygen atoms in total. The Labute approximate surface area is 192 Å². The minimum atomic E-state index is -0.377. The van der Waals surface area contributed by atoms with Gasteiger partial charge in [0.2, 0.25) is 0 Å². The molecule has 1 aliphatic heterocycles. The van der Waals surface area contributed by atoms with Gasteiger partial charge in [0.05, 0.1) is 30.1 Å². The van der Waals surface area contributed by atoms with Gasteiger partial charge in [-0.3, -0.25) is 4.79 Å². The highest BCUT2D eigenvalue weighted by molar-refractivity contribution is 5.92. The number of aromatic nitrogens is 2. The molecule has 3 aromatic rings. The average Bonchev–Trinajstić information content (AvgIpc) is 3.21. The van der Waals surface area contributed by atoms with Crippen molar-refractivity contribution in [1.29, 1.82) is 0 Å². The Balaban J connectivity index is 0.00000126. The number of hydrogen-bond acceptors (Lipinski definition) is 5. The fourth-order valence-corrected chi connectivity index (χ4v) is 5.33. The zero-order chi connectivity index (χ0) is 23.9. The molecule has 0 bridgehead atoms. The largest absolute Gasteiger partial charge is 0.380 e. The molecule has 2 N–H and O–H groups in total. The minimum Gasteiger partial charge on any atom is -0.380 e. The van der Waals surface area contributed by atoms with Crippen molar-refractivity contribution in [3.05, 3.63) is 61.7 Å². The molecule has 0 saturated carbocycles. The second kappa shape index (κ2) is 9.15. The summed E-state index contributed by atoms with van der Waals surface area (Å²) in [6.45, 7) is 4.37. The summed E-state index contributed by atoms with van der Waals surface area (Å²) in [6, 6.07) is 3.44. The van der Waals surface area contributed by atoms with Crippen LogP contribution in [-0.4, -0.2) is 30.0 Å². The van der Waals surface area contributed by atoms with E-state index in [1.807, 2.05) is 19.9 Å². The number of hydrogen-bond donors (Lipinski definition) is 1. The zero-order valence-corrected chi connectivity index (χ0v) is 19.6. The van der Waals surface area contributed by atoms with Crippen LogP contribution in [0, 0.1) is 12.7 Å². The average molecular weight is 452 g/mol. The lowest BCUT2D eigenvalue weighted by molar-refractivity contribution is -0.109. The summed E-state index contributed by atoms with van der Waals surface area (Å²) >= 11 is 0. The topological polar surface area (TPSA) is 87.2 Å². The van der Waals surface area contributed by atoms with E-state index in [9.17, 15) is 14.0 Å². The first-order chi connectivity index (χ1) is 16.0. The number of aldehydes is 1. The van der Waals surface area contributed by atoms with Crippen LogP contribution in [0.15, 0.2) is 16.9 Å². The molecule has 2 aromatic heterocycles. The van der Waals surface area contributed by atoms with Crippen molar-refractivity contribution in [2.24, 2.45) is 5.73 Å². The normalized spacial score (nSPS) is 14.4. The number of nitrogens with two attached hydrogens (primary N) is 1. The number of ether oxygens (including phenoxy) is 1. The lowest BCUT2D eigenvalue weighted by Crippen LogP contribution is -2.26. The van der Waals surface area contributed by atoms with E-state index in [2.05, 4.69) is 5.73 Å². The molecule has 1 aliphatic carbocycles. The fourth-order valence-electron chi connectivity index (χ4n) is 5.33. The molecular formula is C26H30FN3O3. The summed E-state index contributed by atoms with van der Waals surface area (Å²) in [4.78, 5) is 30.0. The molecule has 33 heavy (non-hydrogen) atoms. The Morgan fingerprint density at radius 2 is 1.97 bits per heavy atom. The van der Waals surface area contributed by atoms with Crippen molar-refractivity contribution in [2.75, 3.05) is 14.2 Å². The number of carbonyl (C=O) groups excluding carboxylic acids is 1. The van der Waals surface area contributed by atoms with Crippen molar-refractivity contribution in [3.63, 3.8) is 0 Å². The molecule has 2 aliphatic rings. The summed E-state index contributed by atoms with van der Waals surface area (Å²) in [5, 5.41) is 1.06. The smallest absolute Gasteiger partial charge is 0.257 e. The fraction of sp³-hybridized carbons (Fsp3) is 0.423. The van der Waals surface area contributed by atoms with Crippen LogP contribution in [0.4, 0.5) is 4.39 Å². The molecule has 0 fully saturated rings. The molecule has 174 valence electrons. The maximum Gasteiger partial charge on any atom is 0.257 e. The van der Waals surface area contributed by atoms with E-state index in [-0.39, 0.29) is 23.9 Å². The Morgan fingerprint density at radius 3 is 2.64 bits per heavy atom. The SMILES string of the molecule is CCC(C=O)c1cc2n(c(=O)c1COC)Cc1c-2nc2cc(F)c(C)c3c2c1CCC3.CN. The number of pyridine rings is 2. The van der Waals surface area contributed by atoms with E-state index in [1.165, 1.54) is 18.7 Å². The number of rotatable bonds is 5. The molecule has 1 aromatic carbocycles. The van der Waals surface area contributed by atoms with Gasteiger partial charge in [-0.15, -0.1) is 0 Å². The third kappa shape index (κ3) is 3.50. The molecule has 3 heterocycles. The first-order valence-electron chi connectivity index (χ1n) is 11.4. The van der Waals surface area contributed by atoms with Gasteiger partial charge in [-0.05, 0) is 68.0 Å². The zero-order valence-electron chi connectivity index (χ0n) is 19.6. The number of aryl methyl sites for hydroxylation is 2. The Kier molecular flexibility index (Phi) is 6.45. The van der Waals surface area contributed by atoms with Gasteiger partial charge in [0.1, 0.15) is 12.1 Å². The van der Waals surface area contributed by atoms with Crippen molar-refractivity contribution in [3.8, 4) is 11.4 Å². The number of carbonyl (C=O) groups is 1. The van der Waals surface area contributed by atoms with Crippen molar-refractivity contribution >= 4 is 17.2 Å². The van der Waals surface area contributed by atoms with Gasteiger partial charge in [-0.25, -0.2) is 9.37 Å². The van der Waals surface area contributed by atoms with Gasteiger partial charge in [-0.1, -0.05) is 6.92 Å². The highest BCUT2D eigenvalue weighted by Crippen LogP contribution is 2.41. The van der Waals surface area contributed by atoms with Crippen molar-refractivity contribution in [1.82, 2.24) is 9.55 Å². The van der Waals surface area contributed by atoms with Gasteiger partial charge in [0.25, 0.3) is 5.56 Å². The second-order valence-electron chi connectivity index (χ2n) is 8.57. The number of halogens is 1. The predicted octanol–water partition coefficient (Wildman–Crippen LogP) is 3.78. The Bertz CT molecular complexity index is 1310. The second-order valence-corrected chi connectivity index (χ2v) is 8.57. The molecule has 0 radical (unpaired) electrons. The number of methoxy groups -OCH3 is 1. The quantitative estimate of drug-likeness (QED) is 0.467. The van der Waals surface area contributed by atoms with Crippen LogP contribution >= 0.6 is 0 Å². The van der Waals surface area contributed by atoms with E-state index in [1.54, 1.807) is 11.7 Å². The van der Waals surface area contributed by atoms with Crippen LogP contribution in [0.1, 0.15) is 59.1 Å². The Morgan fingerprint density at radius 1 is 1.24 bits per heavy atom. The monoisotopic (exact) mass is 451 g/mol. The first-order valence-corrected chi connectivity index (χ1v) is 11.4. The van der Waals surface area contributed by atoms with Crippen molar-refractivity contribution in [2.45, 2.75) is 58.6 Å². The molecular weight excluding hydrogens is 421 g/mol. The van der Waals surface area contributed by atoms with E-state index in [0.29, 0.717) is 40.9 Å². The molecule has 0 saturated heterocycles. The molecule has 0 amide bonds. The van der Waals surface area contributed by atoms with Crippen LogP contribution in [0.25, 0.3) is 22.3 Å². The van der Waals surface area contributed by atoms with Crippen LogP contribution in [0.5, 0.6) is 0 Å². The van der Waals surface area contributed by atoms with Crippen LogP contribution in [0.2, 0.25) is 0 Å². The maximum absolute atomic E-state index is 14.6. The first kappa shape index (κ1) is 23.3. The van der Waals surface area contributed by atoms with Crippen LogP contribution < -0.4 is 11.3 Å². The standard InChI is InChI=1S/C25H25FN2O3.CH5N/c1-4-14(11-29)17-8-22-24-18(10-28(22)25(30)19(17)12-31-3)16-7-5-6-15-13(2)20(26)9-21(27-24)23(15)16;1-2/h8-9,11,14H,4-7,10,12H2,1-3H3;2H2,1H3. The predicted molar refractivity (Wildman–Crippen MR) is 127 cm³/mol. The summed E-state index contributed by atoms with van der Waals surface area (Å²) in [6.07, 6.45) is 4.19. The van der Waals surface area contributed by atoms with Gasteiger partial charge < -0.3 is 19.8 Å². The van der Waals surface area contributed by atoms with E-state index < -0.39 is 0 Å². The number of fused-ring (bicyclic) bond motifs is 4. The molecule has 7 heteroatoms. The summed E-state index contributed by atoms with van der Waals surface area (Å²) in [5.41, 5.74) is 11.7. The van der Waals surface area contributed by atoms with E-state index in [0.717, 1.165) is 47.8 Å². The van der Waals surface area contributed by atoms with Gasteiger partial charge in [0.15, 0.2) is 0 Å². The van der Waals surface area contributed by atoms with Crippen molar-refractivity contribution < 1.29 is 13.9 Å². The summed E-state index contributed by atoms with van der Waals surface area (Å²) < 4.78 is 21.6. The highest BCUT2D eigenvalue weighted by atomic mass is 19.1. The van der Waals surface area contributed by atoms with Gasteiger partial charge >= 0.3 is 0 Å². The van der Waals surface area contributed by atoms with E-state index >= 15 is 0 Å². The van der Waals surface area contributed by atoms with Crippen LogP contribution in [-0.2, 0) is 35.5 Å². The van der Waals surface area contributed by atoms with Gasteiger partial charge in [-0.2, -0.15) is 0 Å². The molecule has 1 unspecified atom stereocenters. The Hall–Kier alpha value is -2.90. The highest BCUT2D eigenvalue weighted by Gasteiger charge is 2.31. The molecule has 5 rings (SSSR count). The molecule has 1 atom stereocenters.